The highest BCUT2D eigenvalue weighted by molar-refractivity contribution is 6.39. The van der Waals surface area contributed by atoms with Gasteiger partial charge in [-0.05, 0) is 48.7 Å². The Labute approximate surface area is 144 Å². The molecule has 0 saturated heterocycles. The zero-order valence-corrected chi connectivity index (χ0v) is 13.7. The molecule has 25 heavy (non-hydrogen) atoms. The van der Waals surface area contributed by atoms with E-state index >= 15 is 0 Å². The first kappa shape index (κ1) is 16.7. The van der Waals surface area contributed by atoms with E-state index < -0.39 is 17.6 Å². The standard InChI is InChI=1S/C19H18FN3O2/c1-12-4-2-7-16-17(12)13(11-22-16)8-9-21-18(24)19(25)23-15-6-3-5-14(20)10-15/h2-7,10-11,22H,8-9H2,1H3,(H,21,24)(H,23,25). The predicted octanol–water partition coefficient (Wildman–Crippen LogP) is 2.91. The predicted molar refractivity (Wildman–Crippen MR) is 94.8 cm³/mol. The van der Waals surface area contributed by atoms with Crippen LogP contribution in [0.4, 0.5) is 10.1 Å². The number of aromatic amines is 1. The van der Waals surface area contributed by atoms with Crippen LogP contribution in [0.1, 0.15) is 11.1 Å². The van der Waals surface area contributed by atoms with Gasteiger partial charge in [0.25, 0.3) is 0 Å². The molecule has 2 aromatic carbocycles. The topological polar surface area (TPSA) is 74.0 Å². The second-order valence-electron chi connectivity index (χ2n) is 5.78. The number of rotatable bonds is 4. The van der Waals surface area contributed by atoms with Crippen LogP contribution >= 0.6 is 0 Å². The van der Waals surface area contributed by atoms with Gasteiger partial charge in [-0.25, -0.2) is 4.39 Å². The summed E-state index contributed by atoms with van der Waals surface area (Å²) in [5.74, 6) is -2.05. The zero-order chi connectivity index (χ0) is 17.8. The maximum Gasteiger partial charge on any atom is 0.313 e. The molecule has 3 aromatic rings. The summed E-state index contributed by atoms with van der Waals surface area (Å²) in [5.41, 5.74) is 3.53. The number of hydrogen-bond donors (Lipinski definition) is 3. The molecular weight excluding hydrogens is 321 g/mol. The van der Waals surface area contributed by atoms with E-state index in [0.717, 1.165) is 28.1 Å². The van der Waals surface area contributed by atoms with E-state index in [4.69, 9.17) is 0 Å². The summed E-state index contributed by atoms with van der Waals surface area (Å²) in [4.78, 5) is 26.9. The van der Waals surface area contributed by atoms with Crippen LogP contribution in [-0.2, 0) is 16.0 Å². The normalized spacial score (nSPS) is 10.6. The number of nitrogens with one attached hydrogen (secondary N) is 3. The fourth-order valence-electron chi connectivity index (χ4n) is 2.79. The smallest absolute Gasteiger partial charge is 0.313 e. The Morgan fingerprint density at radius 3 is 2.72 bits per heavy atom. The Hall–Kier alpha value is -3.15. The number of carbonyl (C=O) groups excluding carboxylic acids is 2. The van der Waals surface area contributed by atoms with Gasteiger partial charge in [-0.15, -0.1) is 0 Å². The Balaban J connectivity index is 1.56. The van der Waals surface area contributed by atoms with E-state index in [1.807, 2.05) is 31.3 Å². The molecule has 5 nitrogen and oxygen atoms in total. The summed E-state index contributed by atoms with van der Waals surface area (Å²) >= 11 is 0. The van der Waals surface area contributed by atoms with Crippen molar-refractivity contribution in [2.24, 2.45) is 0 Å². The number of H-pyrrole nitrogens is 1. The summed E-state index contributed by atoms with van der Waals surface area (Å²) in [6.45, 7) is 2.36. The number of carbonyl (C=O) groups is 2. The summed E-state index contributed by atoms with van der Waals surface area (Å²) in [6.07, 6.45) is 2.51. The molecule has 6 heteroatoms. The Morgan fingerprint density at radius 1 is 1.12 bits per heavy atom. The van der Waals surface area contributed by atoms with Gasteiger partial charge in [0, 0.05) is 29.3 Å². The summed E-state index contributed by atoms with van der Waals surface area (Å²) in [7, 11) is 0. The average molecular weight is 339 g/mol. The van der Waals surface area contributed by atoms with Gasteiger partial charge in [0.1, 0.15) is 5.82 Å². The van der Waals surface area contributed by atoms with E-state index in [2.05, 4.69) is 15.6 Å². The molecule has 0 aliphatic rings. The second kappa shape index (κ2) is 7.17. The molecule has 3 N–H and O–H groups in total. The van der Waals surface area contributed by atoms with Gasteiger partial charge in [-0.2, -0.15) is 0 Å². The number of halogens is 1. The highest BCUT2D eigenvalue weighted by Crippen LogP contribution is 2.22. The van der Waals surface area contributed by atoms with Gasteiger partial charge in [-0.1, -0.05) is 18.2 Å². The molecule has 1 aromatic heterocycles. The molecule has 0 aliphatic heterocycles. The highest BCUT2D eigenvalue weighted by atomic mass is 19.1. The van der Waals surface area contributed by atoms with Gasteiger partial charge in [0.05, 0.1) is 0 Å². The quantitative estimate of drug-likeness (QED) is 0.640. The number of anilines is 1. The number of aryl methyl sites for hydroxylation is 1. The molecule has 0 aliphatic carbocycles. The molecule has 3 rings (SSSR count). The molecule has 0 unspecified atom stereocenters. The summed E-state index contributed by atoms with van der Waals surface area (Å²) in [5, 5.41) is 6.09. The lowest BCUT2D eigenvalue weighted by molar-refractivity contribution is -0.136. The molecule has 128 valence electrons. The van der Waals surface area contributed by atoms with Crippen molar-refractivity contribution >= 4 is 28.4 Å². The molecule has 0 atom stereocenters. The zero-order valence-electron chi connectivity index (χ0n) is 13.7. The van der Waals surface area contributed by atoms with Gasteiger partial charge in [-0.3, -0.25) is 9.59 Å². The maximum atomic E-state index is 13.1. The first-order valence-corrected chi connectivity index (χ1v) is 7.95. The maximum absolute atomic E-state index is 13.1. The van der Waals surface area contributed by atoms with Crippen LogP contribution in [-0.4, -0.2) is 23.3 Å². The molecule has 1 heterocycles. The van der Waals surface area contributed by atoms with Crippen molar-refractivity contribution in [2.75, 3.05) is 11.9 Å². The fourth-order valence-corrected chi connectivity index (χ4v) is 2.79. The lowest BCUT2D eigenvalue weighted by Gasteiger charge is -2.07. The minimum absolute atomic E-state index is 0.243. The Bertz CT molecular complexity index is 933. The molecule has 0 fully saturated rings. The van der Waals surface area contributed by atoms with Crippen LogP contribution in [0.15, 0.2) is 48.7 Å². The van der Waals surface area contributed by atoms with Crippen LogP contribution in [0, 0.1) is 12.7 Å². The van der Waals surface area contributed by atoms with Gasteiger partial charge in [0.15, 0.2) is 0 Å². The number of amides is 2. The van der Waals surface area contributed by atoms with Crippen molar-refractivity contribution in [3.8, 4) is 0 Å². The number of fused-ring (bicyclic) bond motifs is 1. The Morgan fingerprint density at radius 2 is 1.92 bits per heavy atom. The lowest BCUT2D eigenvalue weighted by atomic mass is 10.1. The fraction of sp³-hybridized carbons (Fsp3) is 0.158. The SMILES string of the molecule is Cc1cccc2[nH]cc(CCNC(=O)C(=O)Nc3cccc(F)c3)c12. The van der Waals surface area contributed by atoms with Crippen LogP contribution in [0.2, 0.25) is 0 Å². The first-order valence-electron chi connectivity index (χ1n) is 7.95. The van der Waals surface area contributed by atoms with Crippen LogP contribution < -0.4 is 10.6 Å². The van der Waals surface area contributed by atoms with E-state index in [0.29, 0.717) is 13.0 Å². The molecular formula is C19H18FN3O2. The minimum atomic E-state index is -0.819. The number of aromatic nitrogens is 1. The van der Waals surface area contributed by atoms with Crippen molar-refractivity contribution in [1.82, 2.24) is 10.3 Å². The second-order valence-corrected chi connectivity index (χ2v) is 5.78. The van der Waals surface area contributed by atoms with E-state index in [1.165, 1.54) is 18.2 Å². The van der Waals surface area contributed by atoms with Crippen LogP contribution in [0.5, 0.6) is 0 Å². The van der Waals surface area contributed by atoms with E-state index in [9.17, 15) is 14.0 Å². The average Bonchev–Trinajstić information content (AvgIpc) is 2.99. The molecule has 0 spiro atoms. The highest BCUT2D eigenvalue weighted by Gasteiger charge is 2.14. The van der Waals surface area contributed by atoms with Crippen molar-refractivity contribution in [2.45, 2.75) is 13.3 Å². The van der Waals surface area contributed by atoms with Crippen LogP contribution in [0.3, 0.4) is 0 Å². The summed E-state index contributed by atoms with van der Waals surface area (Å²) < 4.78 is 13.1. The van der Waals surface area contributed by atoms with Crippen LogP contribution in [0.25, 0.3) is 10.9 Å². The Kier molecular flexibility index (Phi) is 4.79. The molecule has 0 saturated carbocycles. The molecule has 0 radical (unpaired) electrons. The molecule has 0 bridgehead atoms. The number of benzene rings is 2. The van der Waals surface area contributed by atoms with E-state index in [1.54, 1.807) is 0 Å². The van der Waals surface area contributed by atoms with Crippen molar-refractivity contribution in [3.63, 3.8) is 0 Å². The van der Waals surface area contributed by atoms with Crippen molar-refractivity contribution < 1.29 is 14.0 Å². The third-order valence-electron chi connectivity index (χ3n) is 3.96. The third kappa shape index (κ3) is 3.85. The largest absolute Gasteiger partial charge is 0.361 e. The van der Waals surface area contributed by atoms with Gasteiger partial charge >= 0.3 is 11.8 Å². The third-order valence-corrected chi connectivity index (χ3v) is 3.96. The number of hydrogen-bond acceptors (Lipinski definition) is 2. The van der Waals surface area contributed by atoms with Gasteiger partial charge < -0.3 is 15.6 Å². The van der Waals surface area contributed by atoms with Crippen molar-refractivity contribution in [1.29, 1.82) is 0 Å². The minimum Gasteiger partial charge on any atom is -0.361 e. The lowest BCUT2D eigenvalue weighted by Crippen LogP contribution is -2.36. The van der Waals surface area contributed by atoms with E-state index in [-0.39, 0.29) is 5.69 Å². The monoisotopic (exact) mass is 339 g/mol. The molecule has 2 amide bonds. The van der Waals surface area contributed by atoms with Crippen molar-refractivity contribution in [3.05, 3.63) is 65.6 Å². The van der Waals surface area contributed by atoms with Gasteiger partial charge in [0.2, 0.25) is 0 Å². The summed E-state index contributed by atoms with van der Waals surface area (Å²) in [6, 6.07) is 11.4. The first-order chi connectivity index (χ1) is 12.0.